The number of nitrogens with zero attached hydrogens (tertiary/aromatic N) is 2. The van der Waals surface area contributed by atoms with Crippen molar-refractivity contribution in [2.75, 3.05) is 13.1 Å². The van der Waals surface area contributed by atoms with Gasteiger partial charge in [0.25, 0.3) is 0 Å². The molecule has 24 heavy (non-hydrogen) atoms. The smallest absolute Gasteiger partial charge is 0.244 e. The van der Waals surface area contributed by atoms with Gasteiger partial charge in [0.2, 0.25) is 5.91 Å². The van der Waals surface area contributed by atoms with Gasteiger partial charge in [-0.3, -0.25) is 14.7 Å². The summed E-state index contributed by atoms with van der Waals surface area (Å²) in [5.74, 6) is -0.113. The number of hydrogen-bond donors (Lipinski definition) is 1. The summed E-state index contributed by atoms with van der Waals surface area (Å²) in [5.41, 5.74) is 3.19. The molecule has 0 aliphatic rings. The van der Waals surface area contributed by atoms with Gasteiger partial charge >= 0.3 is 0 Å². The fourth-order valence-electron chi connectivity index (χ4n) is 2.45. The van der Waals surface area contributed by atoms with Gasteiger partial charge in [-0.05, 0) is 42.4 Å². The minimum absolute atomic E-state index is 0.113. The molecule has 126 valence electrons. The quantitative estimate of drug-likeness (QED) is 0.759. The van der Waals surface area contributed by atoms with Gasteiger partial charge in [0, 0.05) is 25.4 Å². The van der Waals surface area contributed by atoms with Gasteiger partial charge in [0.15, 0.2) is 0 Å². The van der Waals surface area contributed by atoms with Crippen LogP contribution in [0.5, 0.6) is 0 Å². The lowest BCUT2D eigenvalue weighted by atomic mass is 10.1. The number of carbonyl (C=O) groups is 1. The standard InChI is InChI=1S/C20H25N3O/c1-3-23(4-2)16-18-10-6-5-9-17(18)15-22-20(24)13-12-19-11-7-8-14-21-19/h5-14H,3-4,15-16H2,1-2H3,(H,22,24)/b13-12+. The molecule has 0 radical (unpaired) electrons. The Kier molecular flexibility index (Phi) is 7.18. The first kappa shape index (κ1) is 17.9. The molecule has 0 saturated heterocycles. The van der Waals surface area contributed by atoms with Crippen molar-refractivity contribution in [3.05, 3.63) is 71.6 Å². The fourth-order valence-corrected chi connectivity index (χ4v) is 2.45. The van der Waals surface area contributed by atoms with E-state index in [-0.39, 0.29) is 5.91 Å². The lowest BCUT2D eigenvalue weighted by Crippen LogP contribution is -2.25. The molecule has 0 aliphatic heterocycles. The maximum atomic E-state index is 12.0. The van der Waals surface area contributed by atoms with Crippen LogP contribution >= 0.6 is 0 Å². The van der Waals surface area contributed by atoms with E-state index in [2.05, 4.69) is 41.2 Å². The predicted octanol–water partition coefficient (Wildman–Crippen LogP) is 3.25. The van der Waals surface area contributed by atoms with Crippen LogP contribution in [-0.2, 0) is 17.9 Å². The van der Waals surface area contributed by atoms with Crippen molar-refractivity contribution >= 4 is 12.0 Å². The summed E-state index contributed by atoms with van der Waals surface area (Å²) in [5, 5.41) is 2.95. The third-order valence-corrected chi connectivity index (χ3v) is 3.95. The number of hydrogen-bond acceptors (Lipinski definition) is 3. The Balaban J connectivity index is 1.94. The van der Waals surface area contributed by atoms with Crippen LogP contribution in [0.4, 0.5) is 0 Å². The summed E-state index contributed by atoms with van der Waals surface area (Å²) in [4.78, 5) is 18.5. The summed E-state index contributed by atoms with van der Waals surface area (Å²) in [6, 6.07) is 13.9. The van der Waals surface area contributed by atoms with Crippen LogP contribution in [0.15, 0.2) is 54.7 Å². The number of pyridine rings is 1. The van der Waals surface area contributed by atoms with Crippen LogP contribution in [0.1, 0.15) is 30.7 Å². The number of aromatic nitrogens is 1. The van der Waals surface area contributed by atoms with Crippen LogP contribution in [0.3, 0.4) is 0 Å². The second-order valence-corrected chi connectivity index (χ2v) is 5.54. The highest BCUT2D eigenvalue weighted by atomic mass is 16.1. The summed E-state index contributed by atoms with van der Waals surface area (Å²) < 4.78 is 0. The van der Waals surface area contributed by atoms with Crippen molar-refractivity contribution in [3.8, 4) is 0 Å². The Morgan fingerprint density at radius 2 is 1.79 bits per heavy atom. The molecular weight excluding hydrogens is 298 g/mol. The van der Waals surface area contributed by atoms with E-state index in [1.54, 1.807) is 12.3 Å². The summed E-state index contributed by atoms with van der Waals surface area (Å²) in [6.45, 7) is 7.80. The highest BCUT2D eigenvalue weighted by Gasteiger charge is 2.06. The van der Waals surface area contributed by atoms with Gasteiger partial charge in [0.1, 0.15) is 0 Å². The Hall–Kier alpha value is -2.46. The molecule has 1 heterocycles. The van der Waals surface area contributed by atoms with E-state index in [1.807, 2.05) is 30.3 Å². The largest absolute Gasteiger partial charge is 0.348 e. The minimum atomic E-state index is -0.113. The van der Waals surface area contributed by atoms with Crippen LogP contribution < -0.4 is 5.32 Å². The molecule has 0 spiro atoms. The Labute approximate surface area is 144 Å². The molecule has 1 amide bonds. The summed E-state index contributed by atoms with van der Waals surface area (Å²) >= 11 is 0. The van der Waals surface area contributed by atoms with E-state index in [1.165, 1.54) is 11.6 Å². The molecule has 0 bridgehead atoms. The van der Waals surface area contributed by atoms with Crippen molar-refractivity contribution in [2.24, 2.45) is 0 Å². The van der Waals surface area contributed by atoms with Gasteiger partial charge in [0.05, 0.1) is 5.69 Å². The minimum Gasteiger partial charge on any atom is -0.348 e. The highest BCUT2D eigenvalue weighted by molar-refractivity contribution is 5.91. The van der Waals surface area contributed by atoms with Crippen molar-refractivity contribution in [2.45, 2.75) is 26.9 Å². The average Bonchev–Trinajstić information content (AvgIpc) is 2.64. The molecule has 1 N–H and O–H groups in total. The first-order chi connectivity index (χ1) is 11.7. The summed E-state index contributed by atoms with van der Waals surface area (Å²) in [7, 11) is 0. The van der Waals surface area contributed by atoms with Crippen LogP contribution in [-0.4, -0.2) is 28.9 Å². The van der Waals surface area contributed by atoms with Crippen molar-refractivity contribution < 1.29 is 4.79 Å². The third-order valence-electron chi connectivity index (χ3n) is 3.95. The predicted molar refractivity (Wildman–Crippen MR) is 98.2 cm³/mol. The van der Waals surface area contributed by atoms with E-state index in [0.717, 1.165) is 30.9 Å². The molecule has 4 nitrogen and oxygen atoms in total. The SMILES string of the molecule is CCN(CC)Cc1ccccc1CNC(=O)/C=C/c1ccccn1. The zero-order valence-corrected chi connectivity index (χ0v) is 14.4. The third kappa shape index (κ3) is 5.63. The molecule has 2 aromatic rings. The van der Waals surface area contributed by atoms with Gasteiger partial charge in [-0.2, -0.15) is 0 Å². The first-order valence-electron chi connectivity index (χ1n) is 8.39. The van der Waals surface area contributed by atoms with Gasteiger partial charge in [-0.15, -0.1) is 0 Å². The molecule has 1 aromatic carbocycles. The maximum absolute atomic E-state index is 12.0. The monoisotopic (exact) mass is 323 g/mol. The number of nitrogens with one attached hydrogen (secondary N) is 1. The van der Waals surface area contributed by atoms with Gasteiger partial charge in [-0.25, -0.2) is 0 Å². The number of amides is 1. The molecule has 1 aromatic heterocycles. The topological polar surface area (TPSA) is 45.2 Å². The maximum Gasteiger partial charge on any atom is 0.244 e. The molecule has 4 heteroatoms. The Bertz CT molecular complexity index is 664. The molecule has 0 aliphatic carbocycles. The summed E-state index contributed by atoms with van der Waals surface area (Å²) in [6.07, 6.45) is 4.95. The van der Waals surface area contributed by atoms with E-state index in [0.29, 0.717) is 6.54 Å². The first-order valence-corrected chi connectivity index (χ1v) is 8.39. The van der Waals surface area contributed by atoms with Crippen molar-refractivity contribution in [1.29, 1.82) is 0 Å². The van der Waals surface area contributed by atoms with Crippen LogP contribution in [0.2, 0.25) is 0 Å². The second kappa shape index (κ2) is 9.63. The zero-order valence-electron chi connectivity index (χ0n) is 14.4. The molecule has 0 unspecified atom stereocenters. The molecule has 2 rings (SSSR count). The number of rotatable bonds is 8. The highest BCUT2D eigenvalue weighted by Crippen LogP contribution is 2.11. The molecule has 0 fully saturated rings. The average molecular weight is 323 g/mol. The van der Waals surface area contributed by atoms with Crippen molar-refractivity contribution in [1.82, 2.24) is 15.2 Å². The second-order valence-electron chi connectivity index (χ2n) is 5.54. The molecular formula is C20H25N3O. The van der Waals surface area contributed by atoms with E-state index in [9.17, 15) is 4.79 Å². The lowest BCUT2D eigenvalue weighted by molar-refractivity contribution is -0.116. The normalized spacial score (nSPS) is 11.1. The van der Waals surface area contributed by atoms with E-state index in [4.69, 9.17) is 0 Å². The Morgan fingerprint density at radius 3 is 2.46 bits per heavy atom. The van der Waals surface area contributed by atoms with Crippen LogP contribution in [0.25, 0.3) is 6.08 Å². The van der Waals surface area contributed by atoms with E-state index >= 15 is 0 Å². The number of carbonyl (C=O) groups excluding carboxylic acids is 1. The lowest BCUT2D eigenvalue weighted by Gasteiger charge is -2.20. The van der Waals surface area contributed by atoms with E-state index < -0.39 is 0 Å². The van der Waals surface area contributed by atoms with Crippen molar-refractivity contribution in [3.63, 3.8) is 0 Å². The number of benzene rings is 1. The van der Waals surface area contributed by atoms with Gasteiger partial charge < -0.3 is 5.32 Å². The van der Waals surface area contributed by atoms with Crippen LogP contribution in [0, 0.1) is 0 Å². The molecule has 0 saturated carbocycles. The fraction of sp³-hybridized carbons (Fsp3) is 0.300. The Morgan fingerprint density at radius 1 is 1.08 bits per heavy atom. The van der Waals surface area contributed by atoms with Gasteiger partial charge in [-0.1, -0.05) is 44.2 Å². The molecule has 0 atom stereocenters. The zero-order chi connectivity index (χ0) is 17.2.